The molecule has 3 nitrogen and oxygen atoms in total. The lowest BCUT2D eigenvalue weighted by molar-refractivity contribution is 0.572. The molecule has 0 fully saturated rings. The largest absolute Gasteiger partial charge is 0.241 e. The quantitative estimate of drug-likeness (QED) is 0.691. The third-order valence-electron chi connectivity index (χ3n) is 3.18. The Morgan fingerprint density at radius 3 is 2.61 bits per heavy atom. The SMILES string of the molecule is O=S(=O)(N[C@@H](c1ccsc1)c1cccs1)c1ccc(F)c(Cl)c1. The van der Waals surface area contributed by atoms with E-state index in [2.05, 4.69) is 4.72 Å². The molecule has 0 bridgehead atoms. The Balaban J connectivity index is 1.97. The van der Waals surface area contributed by atoms with E-state index in [9.17, 15) is 12.8 Å². The molecule has 120 valence electrons. The third-order valence-corrected chi connectivity index (χ3v) is 6.53. The van der Waals surface area contributed by atoms with Crippen molar-refractivity contribution in [3.8, 4) is 0 Å². The van der Waals surface area contributed by atoms with Crippen molar-refractivity contribution in [3.63, 3.8) is 0 Å². The van der Waals surface area contributed by atoms with Crippen LogP contribution in [0.4, 0.5) is 4.39 Å². The predicted octanol–water partition coefficient (Wildman–Crippen LogP) is 4.67. The van der Waals surface area contributed by atoms with E-state index in [1.807, 2.05) is 34.3 Å². The van der Waals surface area contributed by atoms with Crippen LogP contribution in [0.1, 0.15) is 16.5 Å². The molecule has 1 N–H and O–H groups in total. The molecule has 0 unspecified atom stereocenters. The second-order valence-electron chi connectivity index (χ2n) is 4.70. The van der Waals surface area contributed by atoms with Crippen molar-refractivity contribution in [2.24, 2.45) is 0 Å². The van der Waals surface area contributed by atoms with Gasteiger partial charge in [0.15, 0.2) is 0 Å². The minimum absolute atomic E-state index is 0.0688. The molecule has 0 spiro atoms. The summed E-state index contributed by atoms with van der Waals surface area (Å²) in [6.07, 6.45) is 0. The summed E-state index contributed by atoms with van der Waals surface area (Å²) in [5, 5.41) is 5.44. The van der Waals surface area contributed by atoms with Gasteiger partial charge in [-0.15, -0.1) is 11.3 Å². The van der Waals surface area contributed by atoms with Gasteiger partial charge in [-0.1, -0.05) is 17.7 Å². The Morgan fingerprint density at radius 1 is 1.17 bits per heavy atom. The van der Waals surface area contributed by atoms with Crippen LogP contribution in [0.2, 0.25) is 5.02 Å². The number of sulfonamides is 1. The zero-order chi connectivity index (χ0) is 16.4. The van der Waals surface area contributed by atoms with Gasteiger partial charge < -0.3 is 0 Å². The molecule has 1 aromatic carbocycles. The van der Waals surface area contributed by atoms with Gasteiger partial charge in [0.1, 0.15) is 5.82 Å². The summed E-state index contributed by atoms with van der Waals surface area (Å²) in [7, 11) is -3.84. The average Bonchev–Trinajstić information content (AvgIpc) is 3.21. The first-order chi connectivity index (χ1) is 11.0. The number of thiophene rings is 2. The van der Waals surface area contributed by atoms with Crippen LogP contribution in [0, 0.1) is 5.82 Å². The Hall–Kier alpha value is -1.25. The van der Waals surface area contributed by atoms with Crippen molar-refractivity contribution in [1.29, 1.82) is 0 Å². The highest BCUT2D eigenvalue weighted by Gasteiger charge is 2.24. The van der Waals surface area contributed by atoms with E-state index >= 15 is 0 Å². The molecule has 0 radical (unpaired) electrons. The minimum atomic E-state index is -3.84. The third kappa shape index (κ3) is 3.64. The zero-order valence-corrected chi connectivity index (χ0v) is 14.8. The number of nitrogens with one attached hydrogen (secondary N) is 1. The van der Waals surface area contributed by atoms with Crippen LogP contribution in [-0.4, -0.2) is 8.42 Å². The van der Waals surface area contributed by atoms with Gasteiger partial charge in [0, 0.05) is 4.88 Å². The summed E-state index contributed by atoms with van der Waals surface area (Å²) in [5.41, 5.74) is 0.856. The van der Waals surface area contributed by atoms with Gasteiger partial charge in [-0.25, -0.2) is 12.8 Å². The smallest absolute Gasteiger partial charge is 0.207 e. The summed E-state index contributed by atoms with van der Waals surface area (Å²) >= 11 is 8.64. The van der Waals surface area contributed by atoms with E-state index in [0.717, 1.165) is 22.6 Å². The van der Waals surface area contributed by atoms with Crippen molar-refractivity contribution < 1.29 is 12.8 Å². The van der Waals surface area contributed by atoms with Crippen LogP contribution in [-0.2, 0) is 10.0 Å². The molecule has 0 saturated heterocycles. The van der Waals surface area contributed by atoms with Crippen LogP contribution >= 0.6 is 34.3 Å². The van der Waals surface area contributed by atoms with E-state index in [-0.39, 0.29) is 9.92 Å². The van der Waals surface area contributed by atoms with Crippen molar-refractivity contribution in [2.75, 3.05) is 0 Å². The van der Waals surface area contributed by atoms with Gasteiger partial charge in [-0.05, 0) is 52.0 Å². The van der Waals surface area contributed by atoms with Crippen LogP contribution in [0.25, 0.3) is 0 Å². The summed E-state index contributed by atoms with van der Waals surface area (Å²) in [6, 6.07) is 8.46. The highest BCUT2D eigenvalue weighted by Crippen LogP contribution is 2.30. The fraction of sp³-hybridized carbons (Fsp3) is 0.0667. The van der Waals surface area contributed by atoms with Gasteiger partial charge in [-0.2, -0.15) is 16.1 Å². The molecule has 0 saturated carbocycles. The molecule has 1 atom stereocenters. The maximum Gasteiger partial charge on any atom is 0.241 e. The predicted molar refractivity (Wildman–Crippen MR) is 92.2 cm³/mol. The fourth-order valence-electron chi connectivity index (χ4n) is 2.05. The number of rotatable bonds is 5. The van der Waals surface area contributed by atoms with Crippen molar-refractivity contribution >= 4 is 44.3 Å². The first-order valence-corrected chi connectivity index (χ1v) is 10.2. The highest BCUT2D eigenvalue weighted by molar-refractivity contribution is 7.89. The Bertz CT molecular complexity index is 859. The Morgan fingerprint density at radius 2 is 2.00 bits per heavy atom. The van der Waals surface area contributed by atoms with Gasteiger partial charge in [0.2, 0.25) is 10.0 Å². The molecule has 0 aliphatic heterocycles. The van der Waals surface area contributed by atoms with Crippen LogP contribution in [0.15, 0.2) is 57.4 Å². The van der Waals surface area contributed by atoms with Crippen LogP contribution in [0.3, 0.4) is 0 Å². The molecule has 0 aliphatic rings. The van der Waals surface area contributed by atoms with Crippen LogP contribution in [0.5, 0.6) is 0 Å². The van der Waals surface area contributed by atoms with Crippen molar-refractivity contribution in [1.82, 2.24) is 4.72 Å². The Labute approximate surface area is 146 Å². The molecule has 0 amide bonds. The molecule has 2 heterocycles. The standard InChI is InChI=1S/C15H11ClFNO2S3/c16-12-8-11(3-4-13(12)17)23(19,20)18-15(10-5-7-21-9-10)14-2-1-6-22-14/h1-9,15,18H/t15-/m0/s1. The van der Waals surface area contributed by atoms with Crippen LogP contribution < -0.4 is 4.72 Å². The summed E-state index contributed by atoms with van der Waals surface area (Å²) < 4.78 is 41.1. The second kappa shape index (κ2) is 6.70. The van der Waals surface area contributed by atoms with Gasteiger partial charge in [0.05, 0.1) is 16.0 Å². The molecule has 3 aromatic rings. The van der Waals surface area contributed by atoms with E-state index in [1.165, 1.54) is 28.7 Å². The normalized spacial score (nSPS) is 13.1. The van der Waals surface area contributed by atoms with E-state index < -0.39 is 21.9 Å². The molecular weight excluding hydrogens is 377 g/mol. The molecular formula is C15H11ClFNO2S3. The molecule has 8 heteroatoms. The summed E-state index contributed by atoms with van der Waals surface area (Å²) in [4.78, 5) is 0.806. The lowest BCUT2D eigenvalue weighted by Crippen LogP contribution is -2.28. The van der Waals surface area contributed by atoms with E-state index in [4.69, 9.17) is 11.6 Å². The van der Waals surface area contributed by atoms with Gasteiger partial charge in [-0.3, -0.25) is 0 Å². The lowest BCUT2D eigenvalue weighted by atomic mass is 10.1. The minimum Gasteiger partial charge on any atom is -0.207 e. The van der Waals surface area contributed by atoms with E-state index in [0.29, 0.717) is 0 Å². The maximum atomic E-state index is 13.3. The Kier molecular flexibility index (Phi) is 4.84. The first-order valence-electron chi connectivity index (χ1n) is 6.50. The monoisotopic (exact) mass is 387 g/mol. The first kappa shape index (κ1) is 16.6. The number of hydrogen-bond acceptors (Lipinski definition) is 4. The fourth-order valence-corrected chi connectivity index (χ4v) is 5.09. The van der Waals surface area contributed by atoms with Crippen molar-refractivity contribution in [3.05, 3.63) is 73.8 Å². The number of halogens is 2. The van der Waals surface area contributed by atoms with Gasteiger partial charge in [0.25, 0.3) is 0 Å². The second-order valence-corrected chi connectivity index (χ2v) is 8.58. The molecule has 23 heavy (non-hydrogen) atoms. The lowest BCUT2D eigenvalue weighted by Gasteiger charge is -2.17. The molecule has 0 aliphatic carbocycles. The summed E-state index contributed by atoms with van der Waals surface area (Å²) in [5.74, 6) is -0.654. The summed E-state index contributed by atoms with van der Waals surface area (Å²) in [6.45, 7) is 0. The van der Waals surface area contributed by atoms with Gasteiger partial charge >= 0.3 is 0 Å². The van der Waals surface area contributed by atoms with Crippen molar-refractivity contribution in [2.45, 2.75) is 10.9 Å². The maximum absolute atomic E-state index is 13.3. The average molecular weight is 388 g/mol. The highest BCUT2D eigenvalue weighted by atomic mass is 35.5. The molecule has 3 rings (SSSR count). The zero-order valence-electron chi connectivity index (χ0n) is 11.6. The number of hydrogen-bond donors (Lipinski definition) is 1. The topological polar surface area (TPSA) is 46.2 Å². The number of benzene rings is 1. The van der Waals surface area contributed by atoms with E-state index in [1.54, 1.807) is 0 Å². The molecule has 2 aromatic heterocycles.